The fourth-order valence-corrected chi connectivity index (χ4v) is 6.43. The zero-order valence-electron chi connectivity index (χ0n) is 18.9. The lowest BCUT2D eigenvalue weighted by Crippen LogP contribution is -2.40. The number of carbonyl (C=O) groups is 4. The van der Waals surface area contributed by atoms with Gasteiger partial charge in [0.15, 0.2) is 6.10 Å². The molecule has 6 nitrogen and oxygen atoms in total. The van der Waals surface area contributed by atoms with Crippen molar-refractivity contribution in [3.05, 3.63) is 71.5 Å². The van der Waals surface area contributed by atoms with Gasteiger partial charge < -0.3 is 4.74 Å². The number of halogens is 2. The van der Waals surface area contributed by atoms with E-state index in [2.05, 4.69) is 12.1 Å². The van der Waals surface area contributed by atoms with Crippen LogP contribution in [-0.4, -0.2) is 47.0 Å². The smallest absolute Gasteiger partial charge is 0.326 e. The standard InChI is InChI=1S/C27H25ClFNO5/c28-11-10-21(25(32)16-6-8-18(29)9-7-16)35-22(31)14-30-26(33)23-17-12-19(15-4-2-1-3-5-15)20(13-17)24(23)27(30)34/h1-9,17,19-21,23-24H,10-14H2/t17-,19-,20-,21-,23+,24+/m0/s1. The van der Waals surface area contributed by atoms with Crippen LogP contribution >= 0.6 is 11.6 Å². The lowest BCUT2D eigenvalue weighted by molar-refractivity contribution is -0.155. The Kier molecular flexibility index (Phi) is 6.45. The van der Waals surface area contributed by atoms with Crippen molar-refractivity contribution in [3.8, 4) is 0 Å². The van der Waals surface area contributed by atoms with Gasteiger partial charge in [-0.25, -0.2) is 4.39 Å². The van der Waals surface area contributed by atoms with E-state index in [0.717, 1.165) is 29.9 Å². The predicted molar refractivity (Wildman–Crippen MR) is 125 cm³/mol. The van der Waals surface area contributed by atoms with Gasteiger partial charge in [-0.15, -0.1) is 11.6 Å². The molecular weight excluding hydrogens is 473 g/mol. The molecule has 2 aromatic carbocycles. The fourth-order valence-electron chi connectivity index (χ4n) is 6.23. The third-order valence-electron chi connectivity index (χ3n) is 7.69. The number of ketones is 1. The first-order valence-corrected chi connectivity index (χ1v) is 12.4. The highest BCUT2D eigenvalue weighted by Gasteiger charge is 2.64. The summed E-state index contributed by atoms with van der Waals surface area (Å²) in [6, 6.07) is 14.9. The van der Waals surface area contributed by atoms with Crippen molar-refractivity contribution < 1.29 is 28.3 Å². The van der Waals surface area contributed by atoms with E-state index in [-0.39, 0.29) is 53.4 Å². The molecule has 6 atom stereocenters. The molecule has 8 heteroatoms. The number of hydrogen-bond donors (Lipinski definition) is 0. The Morgan fingerprint density at radius 1 is 1.00 bits per heavy atom. The van der Waals surface area contributed by atoms with Crippen LogP contribution in [-0.2, 0) is 19.1 Å². The van der Waals surface area contributed by atoms with E-state index in [1.807, 2.05) is 18.2 Å². The number of Topliss-reactive ketones (excluding diaryl/α,β-unsaturated/α-hetero) is 1. The number of esters is 1. The predicted octanol–water partition coefficient (Wildman–Crippen LogP) is 3.97. The van der Waals surface area contributed by atoms with Crippen molar-refractivity contribution in [1.29, 1.82) is 0 Å². The van der Waals surface area contributed by atoms with Crippen LogP contribution in [0.3, 0.4) is 0 Å². The maximum Gasteiger partial charge on any atom is 0.326 e. The first-order valence-electron chi connectivity index (χ1n) is 11.8. The third-order valence-corrected chi connectivity index (χ3v) is 7.91. The van der Waals surface area contributed by atoms with Gasteiger partial charge in [0.1, 0.15) is 12.4 Å². The van der Waals surface area contributed by atoms with Crippen LogP contribution in [0.1, 0.15) is 41.1 Å². The Labute approximate surface area is 207 Å². The van der Waals surface area contributed by atoms with Gasteiger partial charge in [0.05, 0.1) is 11.8 Å². The van der Waals surface area contributed by atoms with Gasteiger partial charge in [-0.3, -0.25) is 24.1 Å². The molecular formula is C27H25ClFNO5. The molecule has 35 heavy (non-hydrogen) atoms. The average molecular weight is 498 g/mol. The van der Waals surface area contributed by atoms with Crippen molar-refractivity contribution in [1.82, 2.24) is 4.90 Å². The number of rotatable bonds is 8. The Morgan fingerprint density at radius 2 is 1.69 bits per heavy atom. The fraction of sp³-hybridized carbons (Fsp3) is 0.407. The van der Waals surface area contributed by atoms with Crippen LogP contribution in [0.15, 0.2) is 54.6 Å². The Bertz CT molecular complexity index is 1150. The Hall–Kier alpha value is -3.06. The number of amides is 2. The van der Waals surface area contributed by atoms with Gasteiger partial charge >= 0.3 is 5.97 Å². The van der Waals surface area contributed by atoms with Crippen LogP contribution in [0.4, 0.5) is 4.39 Å². The van der Waals surface area contributed by atoms with E-state index in [0.29, 0.717) is 0 Å². The summed E-state index contributed by atoms with van der Waals surface area (Å²) in [4.78, 5) is 52.9. The van der Waals surface area contributed by atoms with E-state index in [9.17, 15) is 23.6 Å². The highest BCUT2D eigenvalue weighted by molar-refractivity contribution is 6.18. The molecule has 1 saturated heterocycles. The molecule has 1 heterocycles. The summed E-state index contributed by atoms with van der Waals surface area (Å²) < 4.78 is 18.6. The number of fused-ring (bicyclic) bond motifs is 5. The molecule has 0 N–H and O–H groups in total. The minimum atomic E-state index is -1.18. The minimum Gasteiger partial charge on any atom is -0.453 e. The molecule has 5 rings (SSSR count). The van der Waals surface area contributed by atoms with E-state index in [4.69, 9.17) is 16.3 Å². The van der Waals surface area contributed by atoms with Crippen LogP contribution in [0.5, 0.6) is 0 Å². The van der Waals surface area contributed by atoms with Crippen LogP contribution in [0, 0.1) is 29.5 Å². The molecule has 2 aromatic rings. The summed E-state index contributed by atoms with van der Waals surface area (Å²) in [5.74, 6) is -2.83. The van der Waals surface area contributed by atoms with Gasteiger partial charge in [-0.1, -0.05) is 30.3 Å². The quantitative estimate of drug-likeness (QED) is 0.238. The van der Waals surface area contributed by atoms with Crippen molar-refractivity contribution in [2.24, 2.45) is 23.7 Å². The normalized spacial score (nSPS) is 27.7. The molecule has 2 saturated carbocycles. The van der Waals surface area contributed by atoms with E-state index < -0.39 is 36.1 Å². The molecule has 3 aliphatic rings. The topological polar surface area (TPSA) is 80.8 Å². The number of likely N-dealkylation sites (tertiary alicyclic amines) is 1. The van der Waals surface area contributed by atoms with Crippen LogP contribution in [0.25, 0.3) is 0 Å². The second-order valence-electron chi connectivity index (χ2n) is 9.55. The van der Waals surface area contributed by atoms with Gasteiger partial charge in [-0.2, -0.15) is 0 Å². The lowest BCUT2D eigenvalue weighted by atomic mass is 9.73. The molecule has 182 valence electrons. The van der Waals surface area contributed by atoms with E-state index in [1.54, 1.807) is 0 Å². The summed E-state index contributed by atoms with van der Waals surface area (Å²) in [5, 5.41) is 0. The van der Waals surface area contributed by atoms with Crippen molar-refractivity contribution in [2.45, 2.75) is 31.3 Å². The maximum atomic E-state index is 13.3. The Balaban J connectivity index is 1.27. The largest absolute Gasteiger partial charge is 0.453 e. The molecule has 0 spiro atoms. The minimum absolute atomic E-state index is 0.0551. The third kappa shape index (κ3) is 4.27. The second-order valence-corrected chi connectivity index (χ2v) is 9.93. The first kappa shape index (κ1) is 23.7. The zero-order chi connectivity index (χ0) is 24.7. The highest BCUT2D eigenvalue weighted by Crippen LogP contribution is 2.61. The summed E-state index contributed by atoms with van der Waals surface area (Å²) in [6.07, 6.45) is 0.571. The van der Waals surface area contributed by atoms with Crippen molar-refractivity contribution in [3.63, 3.8) is 0 Å². The molecule has 2 amide bonds. The maximum absolute atomic E-state index is 13.3. The lowest BCUT2D eigenvalue weighted by Gasteiger charge is -2.28. The zero-order valence-corrected chi connectivity index (χ0v) is 19.7. The summed E-state index contributed by atoms with van der Waals surface area (Å²) in [7, 11) is 0. The van der Waals surface area contributed by atoms with E-state index >= 15 is 0 Å². The van der Waals surface area contributed by atoms with E-state index in [1.165, 1.54) is 17.7 Å². The number of ether oxygens (including phenoxy) is 1. The number of hydrogen-bond acceptors (Lipinski definition) is 5. The summed E-state index contributed by atoms with van der Waals surface area (Å²) in [5.41, 5.74) is 1.36. The molecule has 0 unspecified atom stereocenters. The van der Waals surface area contributed by atoms with Crippen molar-refractivity contribution >= 4 is 35.2 Å². The van der Waals surface area contributed by atoms with Gasteiger partial charge in [-0.05, 0) is 60.4 Å². The monoisotopic (exact) mass is 497 g/mol. The van der Waals surface area contributed by atoms with Crippen molar-refractivity contribution in [2.75, 3.05) is 12.4 Å². The summed E-state index contributed by atoms with van der Waals surface area (Å²) >= 11 is 5.80. The molecule has 2 bridgehead atoms. The van der Waals surface area contributed by atoms with Gasteiger partial charge in [0, 0.05) is 17.9 Å². The SMILES string of the molecule is O=C(CN1C(=O)[C@@H]2[C@@H]3C[C@H]([C@H]2C1=O)[C@H](c1ccccc1)C3)O[C@@H](CCCl)C(=O)c1ccc(F)cc1. The van der Waals surface area contributed by atoms with Gasteiger partial charge in [0.25, 0.3) is 0 Å². The Morgan fingerprint density at radius 3 is 2.37 bits per heavy atom. The molecule has 0 aromatic heterocycles. The van der Waals surface area contributed by atoms with Gasteiger partial charge in [0.2, 0.25) is 17.6 Å². The first-order chi connectivity index (χ1) is 16.9. The molecule has 3 fully saturated rings. The summed E-state index contributed by atoms with van der Waals surface area (Å²) in [6.45, 7) is -0.532. The number of nitrogens with zero attached hydrogens (tertiary/aromatic N) is 1. The van der Waals surface area contributed by atoms with Crippen LogP contribution in [0.2, 0.25) is 0 Å². The number of benzene rings is 2. The highest BCUT2D eigenvalue weighted by atomic mass is 35.5. The second kappa shape index (κ2) is 9.53. The van der Waals surface area contributed by atoms with Crippen LogP contribution < -0.4 is 0 Å². The number of carbonyl (C=O) groups excluding carboxylic acids is 4. The molecule has 0 radical (unpaired) electrons. The molecule has 2 aliphatic carbocycles. The number of imide groups is 1. The average Bonchev–Trinajstić information content (AvgIpc) is 3.52. The number of alkyl halides is 1. The molecule has 1 aliphatic heterocycles.